The Kier molecular flexibility index (Phi) is 7.97. The van der Waals surface area contributed by atoms with Gasteiger partial charge in [-0.05, 0) is 87.8 Å². The summed E-state index contributed by atoms with van der Waals surface area (Å²) in [7, 11) is 1.69. The predicted molar refractivity (Wildman–Crippen MR) is 140 cm³/mol. The highest BCUT2D eigenvalue weighted by Crippen LogP contribution is 2.25. The Morgan fingerprint density at radius 2 is 1.92 bits per heavy atom. The summed E-state index contributed by atoms with van der Waals surface area (Å²) in [6.07, 6.45) is 4.00. The van der Waals surface area contributed by atoms with Gasteiger partial charge in [-0.25, -0.2) is 4.99 Å². The van der Waals surface area contributed by atoms with Gasteiger partial charge in [-0.1, -0.05) is 12.1 Å². The summed E-state index contributed by atoms with van der Waals surface area (Å²) < 4.78 is 7.00. The summed E-state index contributed by atoms with van der Waals surface area (Å²) in [4.78, 5) is 19.6. The van der Waals surface area contributed by atoms with Crippen LogP contribution in [0.4, 0.5) is 5.82 Å². The van der Waals surface area contributed by atoms with Crippen molar-refractivity contribution in [2.75, 3.05) is 20.2 Å². The zero-order valence-electron chi connectivity index (χ0n) is 21.6. The topological polar surface area (TPSA) is 111 Å². The van der Waals surface area contributed by atoms with Gasteiger partial charge in [0.15, 0.2) is 17.3 Å². The van der Waals surface area contributed by atoms with Gasteiger partial charge >= 0.3 is 0 Å². The normalized spacial score (nSPS) is 15.8. The van der Waals surface area contributed by atoms with Crippen molar-refractivity contribution in [2.45, 2.75) is 52.9 Å². The number of aromatic nitrogens is 4. The number of hydrogen-bond acceptors (Lipinski definition) is 7. The molecule has 2 aromatic heterocycles. The van der Waals surface area contributed by atoms with E-state index in [2.05, 4.69) is 32.4 Å². The van der Waals surface area contributed by atoms with Gasteiger partial charge in [0.1, 0.15) is 5.75 Å². The lowest BCUT2D eigenvalue weighted by atomic mass is 9.90. The minimum Gasteiger partial charge on any atom is -0.497 e. The highest BCUT2D eigenvalue weighted by Gasteiger charge is 2.23. The van der Waals surface area contributed by atoms with Crippen molar-refractivity contribution in [1.29, 1.82) is 0 Å². The largest absolute Gasteiger partial charge is 0.497 e. The standard InChI is InChI=1S/C27H35N7O2/c1-18(28)24(19(2)29-25-9-10-26-31-30-20(3)34(26)32-25)8-11-27(35)33-14-12-21(13-15-33)16-22-6-5-7-23(17-22)36-4/h5-7,9-10,17,21H,8,11-16,28H2,1-4H3. The summed E-state index contributed by atoms with van der Waals surface area (Å²) in [5.74, 6) is 2.88. The predicted octanol–water partition coefficient (Wildman–Crippen LogP) is 4.03. The Balaban J connectivity index is 1.32. The highest BCUT2D eigenvalue weighted by atomic mass is 16.5. The molecule has 1 saturated heterocycles. The van der Waals surface area contributed by atoms with Crippen molar-refractivity contribution in [3.05, 3.63) is 59.1 Å². The molecule has 3 heterocycles. The molecule has 3 aromatic rings. The molecule has 0 unspecified atom stereocenters. The van der Waals surface area contributed by atoms with E-state index in [0.29, 0.717) is 41.7 Å². The Morgan fingerprint density at radius 3 is 2.64 bits per heavy atom. The van der Waals surface area contributed by atoms with Gasteiger partial charge in [0, 0.05) is 30.9 Å². The van der Waals surface area contributed by atoms with Crippen LogP contribution in [0, 0.1) is 12.8 Å². The summed E-state index contributed by atoms with van der Waals surface area (Å²) in [5, 5.41) is 12.6. The molecule has 0 saturated carbocycles. The number of nitrogens with two attached hydrogens (primary N) is 1. The number of allylic oxidation sites excluding steroid dienone is 2. The summed E-state index contributed by atoms with van der Waals surface area (Å²) in [6, 6.07) is 11.9. The first-order valence-corrected chi connectivity index (χ1v) is 12.4. The fraction of sp³-hybridized carbons (Fsp3) is 0.444. The van der Waals surface area contributed by atoms with Crippen LogP contribution in [0.3, 0.4) is 0 Å². The number of hydrogen-bond donors (Lipinski definition) is 1. The first kappa shape index (κ1) is 25.3. The average molecular weight is 490 g/mol. The molecular formula is C27H35N7O2. The Hall–Kier alpha value is -3.75. The number of nitrogens with zero attached hydrogens (tertiary/aromatic N) is 6. The van der Waals surface area contributed by atoms with E-state index < -0.39 is 0 Å². The molecular weight excluding hydrogens is 454 g/mol. The van der Waals surface area contributed by atoms with Crippen molar-refractivity contribution in [3.8, 4) is 5.75 Å². The fourth-order valence-corrected chi connectivity index (χ4v) is 4.76. The lowest BCUT2D eigenvalue weighted by molar-refractivity contribution is -0.132. The third-order valence-corrected chi connectivity index (χ3v) is 6.81. The Morgan fingerprint density at radius 1 is 1.14 bits per heavy atom. The molecule has 0 radical (unpaired) electrons. The highest BCUT2D eigenvalue weighted by molar-refractivity contribution is 6.00. The number of ether oxygens (including phenoxy) is 1. The second-order valence-electron chi connectivity index (χ2n) is 9.45. The molecule has 0 aliphatic carbocycles. The second kappa shape index (κ2) is 11.3. The molecule has 0 atom stereocenters. The molecule has 1 aliphatic heterocycles. The minimum absolute atomic E-state index is 0.168. The van der Waals surface area contributed by atoms with E-state index >= 15 is 0 Å². The van der Waals surface area contributed by atoms with E-state index in [-0.39, 0.29) is 5.91 Å². The number of rotatable bonds is 8. The zero-order valence-corrected chi connectivity index (χ0v) is 21.6. The van der Waals surface area contributed by atoms with Crippen molar-refractivity contribution >= 4 is 23.1 Å². The number of methoxy groups -OCH3 is 1. The third-order valence-electron chi connectivity index (χ3n) is 6.81. The zero-order chi connectivity index (χ0) is 25.7. The van der Waals surface area contributed by atoms with Crippen molar-refractivity contribution in [3.63, 3.8) is 0 Å². The Labute approximate surface area is 212 Å². The molecule has 1 aromatic carbocycles. The molecule has 9 nitrogen and oxygen atoms in total. The van der Waals surface area contributed by atoms with Crippen LogP contribution in [0.5, 0.6) is 5.75 Å². The molecule has 1 amide bonds. The van der Waals surface area contributed by atoms with Crippen LogP contribution in [0.15, 0.2) is 52.7 Å². The van der Waals surface area contributed by atoms with Crippen LogP contribution in [0.25, 0.3) is 5.65 Å². The molecule has 4 rings (SSSR count). The molecule has 0 spiro atoms. The SMILES string of the molecule is COc1cccc(CC2CCN(C(=O)CCC(C(C)=Nc3ccc4nnc(C)n4n3)=C(C)N)CC2)c1. The first-order valence-electron chi connectivity index (χ1n) is 12.4. The van der Waals surface area contributed by atoms with E-state index in [0.717, 1.165) is 49.4 Å². The monoisotopic (exact) mass is 489 g/mol. The molecule has 9 heteroatoms. The van der Waals surface area contributed by atoms with Gasteiger partial charge in [-0.2, -0.15) is 4.52 Å². The fourth-order valence-electron chi connectivity index (χ4n) is 4.76. The van der Waals surface area contributed by atoms with Crippen LogP contribution in [0.1, 0.15) is 50.9 Å². The quantitative estimate of drug-likeness (QED) is 0.478. The summed E-state index contributed by atoms with van der Waals surface area (Å²) in [6.45, 7) is 7.19. The number of carbonyl (C=O) groups excluding carboxylic acids is 1. The smallest absolute Gasteiger partial charge is 0.222 e. The van der Waals surface area contributed by atoms with Crippen molar-refractivity contribution in [1.82, 2.24) is 24.7 Å². The maximum Gasteiger partial charge on any atom is 0.222 e. The molecule has 1 aliphatic rings. The van der Waals surface area contributed by atoms with Crippen LogP contribution < -0.4 is 10.5 Å². The van der Waals surface area contributed by atoms with E-state index in [9.17, 15) is 4.79 Å². The average Bonchev–Trinajstić information content (AvgIpc) is 3.24. The molecule has 2 N–H and O–H groups in total. The third kappa shape index (κ3) is 6.08. The van der Waals surface area contributed by atoms with Gasteiger partial charge in [-0.15, -0.1) is 15.3 Å². The van der Waals surface area contributed by atoms with Gasteiger partial charge < -0.3 is 15.4 Å². The molecule has 36 heavy (non-hydrogen) atoms. The number of benzene rings is 1. The number of aliphatic imine (C=N–C) groups is 1. The van der Waals surface area contributed by atoms with Gasteiger partial charge in [-0.3, -0.25) is 4.79 Å². The number of piperidine rings is 1. The van der Waals surface area contributed by atoms with Crippen molar-refractivity contribution < 1.29 is 9.53 Å². The summed E-state index contributed by atoms with van der Waals surface area (Å²) in [5.41, 5.74) is 10.5. The number of likely N-dealkylation sites (tertiary alicyclic amines) is 1. The Bertz CT molecular complexity index is 1280. The van der Waals surface area contributed by atoms with Gasteiger partial charge in [0.05, 0.1) is 7.11 Å². The van der Waals surface area contributed by atoms with E-state index in [1.54, 1.807) is 17.7 Å². The maximum absolute atomic E-state index is 13.0. The van der Waals surface area contributed by atoms with Gasteiger partial charge in [0.2, 0.25) is 5.91 Å². The lowest BCUT2D eigenvalue weighted by Gasteiger charge is -2.32. The van der Waals surface area contributed by atoms with Gasteiger partial charge in [0.25, 0.3) is 0 Å². The summed E-state index contributed by atoms with van der Waals surface area (Å²) >= 11 is 0. The molecule has 190 valence electrons. The van der Waals surface area contributed by atoms with Crippen molar-refractivity contribution in [2.24, 2.45) is 16.6 Å². The van der Waals surface area contributed by atoms with Crippen LogP contribution in [-0.4, -0.2) is 56.5 Å². The number of aryl methyl sites for hydroxylation is 1. The van der Waals surface area contributed by atoms with Crippen LogP contribution in [-0.2, 0) is 11.2 Å². The van der Waals surface area contributed by atoms with Crippen LogP contribution in [0.2, 0.25) is 0 Å². The number of fused-ring (bicyclic) bond motifs is 1. The van der Waals surface area contributed by atoms with E-state index in [1.807, 2.05) is 43.9 Å². The number of amides is 1. The van der Waals surface area contributed by atoms with E-state index in [4.69, 9.17) is 10.5 Å². The molecule has 0 bridgehead atoms. The first-order chi connectivity index (χ1) is 17.3. The second-order valence-corrected chi connectivity index (χ2v) is 9.45. The number of carbonyl (C=O) groups is 1. The lowest BCUT2D eigenvalue weighted by Crippen LogP contribution is -2.38. The minimum atomic E-state index is 0.168. The van der Waals surface area contributed by atoms with E-state index in [1.165, 1.54) is 5.56 Å². The van der Waals surface area contributed by atoms with Crippen LogP contribution >= 0.6 is 0 Å². The maximum atomic E-state index is 13.0. The molecule has 1 fully saturated rings.